The summed E-state index contributed by atoms with van der Waals surface area (Å²) in [4.78, 5) is 18.7. The van der Waals surface area contributed by atoms with E-state index >= 15 is 0 Å². The predicted molar refractivity (Wildman–Crippen MR) is 109 cm³/mol. The van der Waals surface area contributed by atoms with Crippen molar-refractivity contribution < 1.29 is 9.53 Å². The molecule has 1 aromatic heterocycles. The number of ether oxygens (including phenoxy) is 1. The number of nitrogens with zero attached hydrogens (tertiary/aromatic N) is 2. The number of pyridine rings is 1. The van der Waals surface area contributed by atoms with Crippen molar-refractivity contribution in [2.45, 2.75) is 0 Å². The highest BCUT2D eigenvalue weighted by atomic mass is 16.5. The van der Waals surface area contributed by atoms with E-state index in [4.69, 9.17) is 4.74 Å². The molecule has 138 valence electrons. The summed E-state index contributed by atoms with van der Waals surface area (Å²) in [5, 5.41) is 6.12. The number of benzene rings is 2. The molecule has 2 aromatic carbocycles. The normalized spacial score (nSPS) is 10.2. The summed E-state index contributed by atoms with van der Waals surface area (Å²) < 4.78 is 5.34. The molecule has 3 aromatic rings. The predicted octanol–water partition coefficient (Wildman–Crippen LogP) is 4.15. The smallest absolute Gasteiger partial charge is 0.274 e. The van der Waals surface area contributed by atoms with Gasteiger partial charge in [-0.3, -0.25) is 9.78 Å². The van der Waals surface area contributed by atoms with Crippen molar-refractivity contribution in [1.29, 1.82) is 0 Å². The molecule has 1 amide bonds. The maximum absolute atomic E-state index is 12.5. The molecule has 0 atom stereocenters. The molecule has 0 aliphatic carbocycles. The molecule has 0 fully saturated rings. The third kappa shape index (κ3) is 4.55. The first-order valence-corrected chi connectivity index (χ1v) is 8.51. The minimum absolute atomic E-state index is 0.267. The number of carbonyl (C=O) groups excluding carboxylic acids is 1. The second-order valence-electron chi connectivity index (χ2n) is 6.15. The minimum Gasteiger partial charge on any atom is -0.495 e. The van der Waals surface area contributed by atoms with Crippen molar-refractivity contribution in [3.8, 4) is 5.75 Å². The number of hydrogen-bond donors (Lipinski definition) is 2. The Labute approximate surface area is 158 Å². The number of carbonyl (C=O) groups is 1. The lowest BCUT2D eigenvalue weighted by Gasteiger charge is -2.13. The Morgan fingerprint density at radius 1 is 1.00 bits per heavy atom. The summed E-state index contributed by atoms with van der Waals surface area (Å²) in [7, 11) is 5.56. The van der Waals surface area contributed by atoms with Gasteiger partial charge in [-0.2, -0.15) is 0 Å². The highest BCUT2D eigenvalue weighted by Gasteiger charge is 2.10. The van der Waals surface area contributed by atoms with Crippen LogP contribution in [0.3, 0.4) is 0 Å². The fourth-order valence-corrected chi connectivity index (χ4v) is 2.57. The second kappa shape index (κ2) is 8.23. The molecule has 0 saturated heterocycles. The molecule has 27 heavy (non-hydrogen) atoms. The van der Waals surface area contributed by atoms with Crippen LogP contribution in [0.2, 0.25) is 0 Å². The molecule has 0 aliphatic heterocycles. The first-order valence-electron chi connectivity index (χ1n) is 8.51. The van der Waals surface area contributed by atoms with E-state index in [0.29, 0.717) is 5.69 Å². The minimum atomic E-state index is -0.267. The van der Waals surface area contributed by atoms with Crippen molar-refractivity contribution in [1.82, 2.24) is 4.98 Å². The van der Waals surface area contributed by atoms with E-state index in [-0.39, 0.29) is 5.91 Å². The third-order valence-corrected chi connectivity index (χ3v) is 4.02. The Hall–Kier alpha value is -3.54. The van der Waals surface area contributed by atoms with E-state index < -0.39 is 0 Å². The van der Waals surface area contributed by atoms with Crippen LogP contribution in [0, 0.1) is 0 Å². The van der Waals surface area contributed by atoms with Gasteiger partial charge in [0.05, 0.1) is 12.8 Å². The zero-order valence-corrected chi connectivity index (χ0v) is 15.6. The zero-order valence-electron chi connectivity index (χ0n) is 15.6. The Bertz CT molecular complexity index is 923. The molecule has 0 aliphatic rings. The molecule has 0 spiro atoms. The van der Waals surface area contributed by atoms with Gasteiger partial charge in [0.2, 0.25) is 0 Å². The van der Waals surface area contributed by atoms with Crippen LogP contribution in [0.1, 0.15) is 10.5 Å². The van der Waals surface area contributed by atoms with Crippen LogP contribution in [0.15, 0.2) is 66.9 Å². The van der Waals surface area contributed by atoms with Crippen molar-refractivity contribution in [2.24, 2.45) is 0 Å². The number of nitrogens with one attached hydrogen (secondary N) is 2. The lowest BCUT2D eigenvalue weighted by molar-refractivity contribution is 0.102. The number of methoxy groups -OCH3 is 1. The Kier molecular flexibility index (Phi) is 5.56. The number of hydrogen-bond acceptors (Lipinski definition) is 5. The fourth-order valence-electron chi connectivity index (χ4n) is 2.57. The van der Waals surface area contributed by atoms with Crippen molar-refractivity contribution in [3.63, 3.8) is 0 Å². The monoisotopic (exact) mass is 362 g/mol. The molecule has 0 saturated carbocycles. The second-order valence-corrected chi connectivity index (χ2v) is 6.15. The van der Waals surface area contributed by atoms with E-state index in [9.17, 15) is 4.79 Å². The van der Waals surface area contributed by atoms with Gasteiger partial charge >= 0.3 is 0 Å². The highest BCUT2D eigenvalue weighted by molar-refractivity contribution is 6.03. The Balaban J connectivity index is 1.73. The van der Waals surface area contributed by atoms with Gasteiger partial charge in [-0.1, -0.05) is 12.1 Å². The van der Waals surface area contributed by atoms with Crippen molar-refractivity contribution >= 4 is 28.7 Å². The van der Waals surface area contributed by atoms with Gasteiger partial charge in [0, 0.05) is 37.4 Å². The molecule has 0 unspecified atom stereocenters. The van der Waals surface area contributed by atoms with Crippen LogP contribution in [0.5, 0.6) is 5.75 Å². The molecule has 0 radical (unpaired) electrons. The first kappa shape index (κ1) is 18.3. The van der Waals surface area contributed by atoms with Gasteiger partial charge in [-0.25, -0.2) is 0 Å². The van der Waals surface area contributed by atoms with Gasteiger partial charge in [-0.05, 0) is 48.5 Å². The average Bonchev–Trinajstić information content (AvgIpc) is 2.69. The Morgan fingerprint density at radius 2 is 1.74 bits per heavy atom. The Morgan fingerprint density at radius 3 is 2.44 bits per heavy atom. The van der Waals surface area contributed by atoms with E-state index in [1.54, 1.807) is 25.4 Å². The van der Waals surface area contributed by atoms with Gasteiger partial charge in [-0.15, -0.1) is 0 Å². The number of anilines is 4. The van der Waals surface area contributed by atoms with E-state index in [1.807, 2.05) is 67.5 Å². The van der Waals surface area contributed by atoms with Crippen LogP contribution in [0.25, 0.3) is 0 Å². The number of aromatic nitrogens is 1. The maximum atomic E-state index is 12.5. The van der Waals surface area contributed by atoms with Crippen LogP contribution in [-0.4, -0.2) is 32.1 Å². The summed E-state index contributed by atoms with van der Waals surface area (Å²) in [6.07, 6.45) is 1.60. The van der Waals surface area contributed by atoms with Crippen molar-refractivity contribution in [3.05, 3.63) is 72.6 Å². The van der Waals surface area contributed by atoms with E-state index in [2.05, 4.69) is 15.6 Å². The molecular formula is C21H22N4O2. The van der Waals surface area contributed by atoms with Crippen molar-refractivity contribution in [2.75, 3.05) is 36.7 Å². The van der Waals surface area contributed by atoms with E-state index in [0.717, 1.165) is 28.5 Å². The summed E-state index contributed by atoms with van der Waals surface area (Å²) in [5.41, 5.74) is 3.68. The largest absolute Gasteiger partial charge is 0.495 e. The summed E-state index contributed by atoms with van der Waals surface area (Å²) in [5.74, 6) is 0.456. The summed E-state index contributed by atoms with van der Waals surface area (Å²) in [6.45, 7) is 0. The average molecular weight is 362 g/mol. The third-order valence-electron chi connectivity index (χ3n) is 4.02. The quantitative estimate of drug-likeness (QED) is 0.689. The van der Waals surface area contributed by atoms with Crippen LogP contribution >= 0.6 is 0 Å². The first-order chi connectivity index (χ1) is 13.1. The van der Waals surface area contributed by atoms with Crippen LogP contribution in [-0.2, 0) is 0 Å². The number of para-hydroxylation sites is 2. The molecule has 1 heterocycles. The van der Waals surface area contributed by atoms with Crippen LogP contribution in [0.4, 0.5) is 22.7 Å². The zero-order chi connectivity index (χ0) is 19.2. The van der Waals surface area contributed by atoms with Gasteiger partial charge < -0.3 is 20.3 Å². The maximum Gasteiger partial charge on any atom is 0.274 e. The molecular weight excluding hydrogens is 340 g/mol. The summed E-state index contributed by atoms with van der Waals surface area (Å²) in [6, 6.07) is 18.7. The SMILES string of the molecule is COc1ccccc1Nc1ccnc(C(=O)Nc2ccc(N(C)C)cc2)c1. The standard InChI is InChI=1S/C21H22N4O2/c1-25(2)17-10-8-15(9-11-17)24-21(26)19-14-16(12-13-22-19)23-18-6-4-5-7-20(18)27-3/h4-14H,1-3H3,(H,22,23)(H,24,26). The fraction of sp³-hybridized carbons (Fsp3) is 0.143. The van der Waals surface area contributed by atoms with Gasteiger partial charge in [0.25, 0.3) is 5.91 Å². The van der Waals surface area contributed by atoms with Crippen LogP contribution < -0.4 is 20.3 Å². The summed E-state index contributed by atoms with van der Waals surface area (Å²) >= 11 is 0. The molecule has 0 bridgehead atoms. The lowest BCUT2D eigenvalue weighted by atomic mass is 10.2. The van der Waals surface area contributed by atoms with Gasteiger partial charge in [0.15, 0.2) is 0 Å². The molecule has 2 N–H and O–H groups in total. The topological polar surface area (TPSA) is 66.5 Å². The molecule has 6 heteroatoms. The molecule has 6 nitrogen and oxygen atoms in total. The number of amides is 1. The molecule has 3 rings (SSSR count). The van der Waals surface area contributed by atoms with E-state index in [1.165, 1.54) is 0 Å². The highest BCUT2D eigenvalue weighted by Crippen LogP contribution is 2.27. The number of rotatable bonds is 6. The lowest BCUT2D eigenvalue weighted by Crippen LogP contribution is -2.14. The van der Waals surface area contributed by atoms with Gasteiger partial charge in [0.1, 0.15) is 11.4 Å².